The maximum absolute atomic E-state index is 12.3. The molecule has 0 atom stereocenters. The van der Waals surface area contributed by atoms with Crippen molar-refractivity contribution in [3.05, 3.63) is 27.7 Å². The second kappa shape index (κ2) is 4.73. The van der Waals surface area contributed by atoms with Crippen LogP contribution < -0.4 is 11.2 Å². The van der Waals surface area contributed by atoms with Crippen molar-refractivity contribution in [2.24, 2.45) is 0 Å². The third-order valence-electron chi connectivity index (χ3n) is 2.02. The van der Waals surface area contributed by atoms with Crippen molar-refractivity contribution >= 4 is 11.7 Å². The third-order valence-corrected chi connectivity index (χ3v) is 2.02. The van der Waals surface area contributed by atoms with Gasteiger partial charge in [0, 0.05) is 6.20 Å². The number of H-pyrrole nitrogens is 1. The van der Waals surface area contributed by atoms with E-state index in [1.807, 2.05) is 0 Å². The van der Waals surface area contributed by atoms with Gasteiger partial charge in [0.15, 0.2) is 0 Å². The molecular formula is C9H10F2N2O3. The van der Waals surface area contributed by atoms with Gasteiger partial charge in [-0.1, -0.05) is 0 Å². The number of pyridine rings is 1. The van der Waals surface area contributed by atoms with E-state index in [0.717, 1.165) is 6.20 Å². The molecule has 0 amide bonds. The van der Waals surface area contributed by atoms with E-state index in [1.165, 1.54) is 7.11 Å². The zero-order valence-corrected chi connectivity index (χ0v) is 8.42. The largest absolute Gasteiger partial charge is 0.469 e. The molecule has 0 bridgehead atoms. The lowest BCUT2D eigenvalue weighted by Crippen LogP contribution is -2.19. The lowest BCUT2D eigenvalue weighted by atomic mass is 10.2. The Morgan fingerprint density at radius 2 is 2.25 bits per heavy atom. The maximum Gasteiger partial charge on any atom is 0.311 e. The van der Waals surface area contributed by atoms with Gasteiger partial charge in [-0.3, -0.25) is 9.59 Å². The minimum Gasteiger partial charge on any atom is -0.469 e. The van der Waals surface area contributed by atoms with Crippen LogP contribution in [0.3, 0.4) is 0 Å². The van der Waals surface area contributed by atoms with Gasteiger partial charge >= 0.3 is 5.97 Å². The predicted molar refractivity (Wildman–Crippen MR) is 52.2 cm³/mol. The van der Waals surface area contributed by atoms with Crippen LogP contribution >= 0.6 is 0 Å². The molecule has 88 valence electrons. The summed E-state index contributed by atoms with van der Waals surface area (Å²) in [5.74, 6) is -0.618. The van der Waals surface area contributed by atoms with Gasteiger partial charge in [-0.25, -0.2) is 8.78 Å². The van der Waals surface area contributed by atoms with Crippen LogP contribution in [-0.2, 0) is 16.0 Å². The van der Waals surface area contributed by atoms with E-state index >= 15 is 0 Å². The Balaban J connectivity index is 3.12. The quantitative estimate of drug-likeness (QED) is 0.747. The Morgan fingerprint density at radius 3 is 2.75 bits per heavy atom. The number of hydrogen-bond donors (Lipinski definition) is 2. The standard InChI is InChI=1S/C9H10F2N2O3/c1-16-6(14)2-5-7(12)8(15)4(3-13-5)9(10)11/h3,9H,2,12H2,1H3,(H,13,15). The molecule has 0 aliphatic carbocycles. The molecule has 0 aromatic carbocycles. The first kappa shape index (κ1) is 12.2. The molecule has 0 fully saturated rings. The van der Waals surface area contributed by atoms with Gasteiger partial charge in [-0.15, -0.1) is 0 Å². The summed E-state index contributed by atoms with van der Waals surface area (Å²) in [6.45, 7) is 0. The number of nitrogens with two attached hydrogens (primary N) is 1. The molecule has 0 unspecified atom stereocenters. The number of ether oxygens (including phenoxy) is 1. The molecule has 7 heteroatoms. The number of alkyl halides is 2. The topological polar surface area (TPSA) is 85.2 Å². The van der Waals surface area contributed by atoms with Gasteiger partial charge in [-0.2, -0.15) is 0 Å². The third kappa shape index (κ3) is 2.36. The molecule has 16 heavy (non-hydrogen) atoms. The fraction of sp³-hybridized carbons (Fsp3) is 0.333. The Bertz CT molecular complexity index is 457. The van der Waals surface area contributed by atoms with E-state index in [0.29, 0.717) is 0 Å². The van der Waals surface area contributed by atoms with Gasteiger partial charge in [0.1, 0.15) is 5.69 Å². The number of halogens is 2. The van der Waals surface area contributed by atoms with Crippen LogP contribution in [0.1, 0.15) is 17.7 Å². The van der Waals surface area contributed by atoms with Crippen molar-refractivity contribution in [3.8, 4) is 0 Å². The van der Waals surface area contributed by atoms with Crippen LogP contribution in [0.5, 0.6) is 0 Å². The van der Waals surface area contributed by atoms with E-state index in [1.54, 1.807) is 0 Å². The summed E-state index contributed by atoms with van der Waals surface area (Å²) >= 11 is 0. The number of anilines is 1. The van der Waals surface area contributed by atoms with Crippen LogP contribution in [0.25, 0.3) is 0 Å². The molecular weight excluding hydrogens is 222 g/mol. The number of methoxy groups -OCH3 is 1. The summed E-state index contributed by atoms with van der Waals surface area (Å²) in [7, 11) is 1.17. The molecule has 0 aliphatic rings. The van der Waals surface area contributed by atoms with Crippen LogP contribution in [-0.4, -0.2) is 18.1 Å². The van der Waals surface area contributed by atoms with Crippen LogP contribution in [0.4, 0.5) is 14.5 Å². The zero-order valence-electron chi connectivity index (χ0n) is 8.42. The first-order chi connectivity index (χ1) is 7.47. The first-order valence-corrected chi connectivity index (χ1v) is 4.32. The van der Waals surface area contributed by atoms with Crippen molar-refractivity contribution in [3.63, 3.8) is 0 Å². The number of hydrogen-bond acceptors (Lipinski definition) is 4. The van der Waals surface area contributed by atoms with Crippen molar-refractivity contribution in [1.82, 2.24) is 4.98 Å². The predicted octanol–water partition coefficient (Wildman–Crippen LogP) is 0.610. The monoisotopic (exact) mass is 232 g/mol. The number of nitrogen functional groups attached to an aromatic ring is 1. The summed E-state index contributed by atoms with van der Waals surface area (Å²) in [5, 5.41) is 0. The van der Waals surface area contributed by atoms with Crippen molar-refractivity contribution < 1.29 is 18.3 Å². The van der Waals surface area contributed by atoms with Gasteiger partial charge < -0.3 is 15.5 Å². The van der Waals surface area contributed by atoms with Crippen LogP contribution in [0.2, 0.25) is 0 Å². The summed E-state index contributed by atoms with van der Waals surface area (Å²) < 4.78 is 29.0. The average Bonchev–Trinajstić information content (AvgIpc) is 2.24. The molecule has 0 spiro atoms. The number of rotatable bonds is 3. The fourth-order valence-electron chi connectivity index (χ4n) is 1.13. The van der Waals surface area contributed by atoms with Crippen molar-refractivity contribution in [2.75, 3.05) is 12.8 Å². The number of aromatic nitrogens is 1. The normalized spacial score (nSPS) is 10.5. The Kier molecular flexibility index (Phi) is 3.60. The highest BCUT2D eigenvalue weighted by Crippen LogP contribution is 2.16. The summed E-state index contributed by atoms with van der Waals surface area (Å²) in [6, 6.07) is 0. The number of esters is 1. The summed E-state index contributed by atoms with van der Waals surface area (Å²) in [5.41, 5.74) is 3.34. The van der Waals surface area contributed by atoms with Gasteiger partial charge in [-0.05, 0) is 0 Å². The highest BCUT2D eigenvalue weighted by atomic mass is 19.3. The Morgan fingerprint density at radius 1 is 1.62 bits per heavy atom. The number of carbonyl (C=O) groups is 1. The van der Waals surface area contributed by atoms with E-state index in [4.69, 9.17) is 5.73 Å². The molecule has 3 N–H and O–H groups in total. The molecule has 1 rings (SSSR count). The molecule has 1 heterocycles. The van der Waals surface area contributed by atoms with E-state index in [9.17, 15) is 18.4 Å². The number of aromatic amines is 1. The van der Waals surface area contributed by atoms with Crippen LogP contribution in [0.15, 0.2) is 11.0 Å². The fourth-order valence-corrected chi connectivity index (χ4v) is 1.13. The van der Waals surface area contributed by atoms with Crippen molar-refractivity contribution in [1.29, 1.82) is 0 Å². The van der Waals surface area contributed by atoms with Crippen molar-refractivity contribution in [2.45, 2.75) is 12.8 Å². The molecule has 5 nitrogen and oxygen atoms in total. The molecule has 0 saturated heterocycles. The molecule has 1 aromatic heterocycles. The Labute approximate surface area is 89.2 Å². The smallest absolute Gasteiger partial charge is 0.311 e. The zero-order chi connectivity index (χ0) is 12.3. The van der Waals surface area contributed by atoms with Gasteiger partial charge in [0.2, 0.25) is 5.43 Å². The molecule has 1 aromatic rings. The number of nitrogens with one attached hydrogen (secondary N) is 1. The lowest BCUT2D eigenvalue weighted by Gasteiger charge is -2.06. The highest BCUT2D eigenvalue weighted by molar-refractivity contribution is 5.73. The first-order valence-electron chi connectivity index (χ1n) is 4.32. The highest BCUT2D eigenvalue weighted by Gasteiger charge is 2.17. The van der Waals surface area contributed by atoms with Gasteiger partial charge in [0.05, 0.1) is 24.8 Å². The second-order valence-electron chi connectivity index (χ2n) is 3.02. The average molecular weight is 232 g/mol. The minimum atomic E-state index is -2.90. The van der Waals surface area contributed by atoms with E-state index in [2.05, 4.69) is 9.72 Å². The summed E-state index contributed by atoms with van der Waals surface area (Å²) in [4.78, 5) is 24.6. The van der Waals surface area contributed by atoms with E-state index < -0.39 is 23.4 Å². The van der Waals surface area contributed by atoms with Crippen LogP contribution in [0, 0.1) is 0 Å². The van der Waals surface area contributed by atoms with E-state index in [-0.39, 0.29) is 17.8 Å². The van der Waals surface area contributed by atoms with Gasteiger partial charge in [0.25, 0.3) is 6.43 Å². The maximum atomic E-state index is 12.3. The SMILES string of the molecule is COC(=O)Cc1[nH]cc(C(F)F)c(=O)c1N. The lowest BCUT2D eigenvalue weighted by molar-refractivity contribution is -0.139. The molecule has 0 saturated carbocycles. The number of carbonyl (C=O) groups excluding carboxylic acids is 1. The second-order valence-corrected chi connectivity index (χ2v) is 3.02. The molecule has 0 aliphatic heterocycles. The summed E-state index contributed by atoms with van der Waals surface area (Å²) in [6.07, 6.45) is -2.32. The minimum absolute atomic E-state index is 0.0706. The molecule has 0 radical (unpaired) electrons. The Hall–Kier alpha value is -1.92.